The van der Waals surface area contributed by atoms with E-state index < -0.39 is 0 Å². The van der Waals surface area contributed by atoms with Gasteiger partial charge in [-0.15, -0.1) is 0 Å². The first kappa shape index (κ1) is 12.9. The predicted octanol–water partition coefficient (Wildman–Crippen LogP) is 6.67. The van der Waals surface area contributed by atoms with E-state index in [2.05, 4.69) is 28.1 Å². The molecule has 0 atom stereocenters. The van der Waals surface area contributed by atoms with Crippen LogP contribution in [0, 0.1) is 0 Å². The molecule has 1 nitrogen and oxygen atoms in total. The van der Waals surface area contributed by atoms with Crippen LogP contribution >= 0.6 is 27.5 Å². The zero-order chi connectivity index (χ0) is 14.4. The second-order valence-electron chi connectivity index (χ2n) is 4.87. The molecule has 0 amide bonds. The Kier molecular flexibility index (Phi) is 3.02. The molecule has 0 spiro atoms. The Labute approximate surface area is 135 Å². The van der Waals surface area contributed by atoms with E-state index >= 15 is 0 Å². The maximum atomic E-state index is 6.42. The first-order chi connectivity index (χ1) is 10.3. The first-order valence-corrected chi connectivity index (χ1v) is 7.77. The number of fused-ring (bicyclic) bond motifs is 3. The van der Waals surface area contributed by atoms with Gasteiger partial charge >= 0.3 is 0 Å². The van der Waals surface area contributed by atoms with Crippen LogP contribution in [0.1, 0.15) is 0 Å². The number of furan rings is 1. The van der Waals surface area contributed by atoms with Crippen molar-refractivity contribution in [3.05, 3.63) is 70.2 Å². The zero-order valence-electron chi connectivity index (χ0n) is 10.9. The fraction of sp³-hybridized carbons (Fsp3) is 0. The van der Waals surface area contributed by atoms with Crippen molar-refractivity contribution in [2.75, 3.05) is 0 Å². The fourth-order valence-electron chi connectivity index (χ4n) is 2.74. The van der Waals surface area contributed by atoms with Crippen LogP contribution in [-0.2, 0) is 0 Å². The summed E-state index contributed by atoms with van der Waals surface area (Å²) >= 11 is 10.0. The third-order valence-corrected chi connectivity index (χ3v) is 4.61. The van der Waals surface area contributed by atoms with Crippen LogP contribution in [0.15, 0.2) is 69.6 Å². The van der Waals surface area contributed by atoms with Crippen LogP contribution in [-0.4, -0.2) is 0 Å². The molecule has 0 aliphatic carbocycles. The molecule has 0 N–H and O–H groups in total. The summed E-state index contributed by atoms with van der Waals surface area (Å²) in [6.07, 6.45) is 0. The van der Waals surface area contributed by atoms with Crippen molar-refractivity contribution in [3.63, 3.8) is 0 Å². The van der Waals surface area contributed by atoms with Gasteiger partial charge in [-0.05, 0) is 29.8 Å². The lowest BCUT2D eigenvalue weighted by Gasteiger charge is -2.08. The molecular formula is C18H10BrClO. The SMILES string of the molecule is Clc1cccc(Br)c1-c1cccc2oc3ccccc3c12. The number of rotatable bonds is 1. The summed E-state index contributed by atoms with van der Waals surface area (Å²) < 4.78 is 6.92. The highest BCUT2D eigenvalue weighted by Crippen LogP contribution is 2.41. The summed E-state index contributed by atoms with van der Waals surface area (Å²) in [6.45, 7) is 0. The molecule has 0 aliphatic rings. The molecule has 4 rings (SSSR count). The molecule has 0 fully saturated rings. The van der Waals surface area contributed by atoms with E-state index in [1.165, 1.54) is 0 Å². The summed E-state index contributed by atoms with van der Waals surface area (Å²) in [7, 11) is 0. The molecule has 21 heavy (non-hydrogen) atoms. The normalized spacial score (nSPS) is 11.3. The molecule has 0 aliphatic heterocycles. The van der Waals surface area contributed by atoms with Crippen LogP contribution in [0.25, 0.3) is 33.1 Å². The van der Waals surface area contributed by atoms with Crippen LogP contribution in [0.5, 0.6) is 0 Å². The average Bonchev–Trinajstić information content (AvgIpc) is 2.86. The van der Waals surface area contributed by atoms with Crippen molar-refractivity contribution >= 4 is 49.5 Å². The van der Waals surface area contributed by atoms with Crippen molar-refractivity contribution in [1.82, 2.24) is 0 Å². The van der Waals surface area contributed by atoms with Crippen LogP contribution in [0.4, 0.5) is 0 Å². The largest absolute Gasteiger partial charge is 0.456 e. The van der Waals surface area contributed by atoms with Gasteiger partial charge in [0.25, 0.3) is 0 Å². The maximum absolute atomic E-state index is 6.42. The quantitative estimate of drug-likeness (QED) is 0.371. The van der Waals surface area contributed by atoms with Crippen molar-refractivity contribution in [3.8, 4) is 11.1 Å². The van der Waals surface area contributed by atoms with Gasteiger partial charge in [-0.1, -0.05) is 63.9 Å². The van der Waals surface area contributed by atoms with Gasteiger partial charge in [0.05, 0.1) is 0 Å². The number of benzene rings is 3. The number of para-hydroxylation sites is 1. The zero-order valence-corrected chi connectivity index (χ0v) is 13.3. The minimum atomic E-state index is 0.724. The van der Waals surface area contributed by atoms with Gasteiger partial charge in [-0.3, -0.25) is 0 Å². The summed E-state index contributed by atoms with van der Waals surface area (Å²) in [5.74, 6) is 0. The van der Waals surface area contributed by atoms with Gasteiger partial charge in [0.1, 0.15) is 11.2 Å². The lowest BCUT2D eigenvalue weighted by atomic mass is 9.99. The standard InChI is InChI=1S/C18H10BrClO/c19-13-7-4-8-14(20)18(13)12-6-3-10-16-17(12)11-5-1-2-9-15(11)21-16/h1-10H. The van der Waals surface area contributed by atoms with E-state index in [1.54, 1.807) is 0 Å². The number of hydrogen-bond acceptors (Lipinski definition) is 1. The summed E-state index contributed by atoms with van der Waals surface area (Å²) in [5, 5.41) is 2.93. The van der Waals surface area contributed by atoms with Crippen molar-refractivity contribution in [2.45, 2.75) is 0 Å². The molecule has 102 valence electrons. The van der Waals surface area contributed by atoms with E-state index in [0.717, 1.165) is 42.6 Å². The van der Waals surface area contributed by atoms with Gasteiger partial charge in [-0.2, -0.15) is 0 Å². The second-order valence-corrected chi connectivity index (χ2v) is 6.14. The molecule has 3 heteroatoms. The van der Waals surface area contributed by atoms with Crippen LogP contribution < -0.4 is 0 Å². The van der Waals surface area contributed by atoms with Crippen LogP contribution in [0.3, 0.4) is 0 Å². The molecule has 0 unspecified atom stereocenters. The van der Waals surface area contributed by atoms with E-state index in [0.29, 0.717) is 0 Å². The van der Waals surface area contributed by atoms with E-state index in [4.69, 9.17) is 16.0 Å². The fourth-order valence-corrected chi connectivity index (χ4v) is 3.71. The van der Waals surface area contributed by atoms with Crippen molar-refractivity contribution in [1.29, 1.82) is 0 Å². The van der Waals surface area contributed by atoms with Crippen molar-refractivity contribution < 1.29 is 4.42 Å². The highest BCUT2D eigenvalue weighted by atomic mass is 79.9. The molecule has 4 aromatic rings. The van der Waals surface area contributed by atoms with Gasteiger partial charge in [0.15, 0.2) is 0 Å². The molecule has 1 heterocycles. The third-order valence-electron chi connectivity index (χ3n) is 3.63. The minimum Gasteiger partial charge on any atom is -0.456 e. The first-order valence-electron chi connectivity index (χ1n) is 6.60. The molecule has 3 aromatic carbocycles. The highest BCUT2D eigenvalue weighted by molar-refractivity contribution is 9.10. The third kappa shape index (κ3) is 1.98. The molecule has 0 saturated heterocycles. The van der Waals surface area contributed by atoms with E-state index in [-0.39, 0.29) is 0 Å². The Morgan fingerprint density at radius 2 is 1.57 bits per heavy atom. The van der Waals surface area contributed by atoms with Gasteiger partial charge in [-0.25, -0.2) is 0 Å². The van der Waals surface area contributed by atoms with Gasteiger partial charge in [0.2, 0.25) is 0 Å². The number of hydrogen-bond donors (Lipinski definition) is 0. The Morgan fingerprint density at radius 3 is 2.43 bits per heavy atom. The summed E-state index contributed by atoms with van der Waals surface area (Å²) in [6, 6.07) is 20.0. The van der Waals surface area contributed by atoms with E-state index in [1.807, 2.05) is 48.5 Å². The monoisotopic (exact) mass is 356 g/mol. The molecule has 0 saturated carbocycles. The topological polar surface area (TPSA) is 13.1 Å². The lowest BCUT2D eigenvalue weighted by molar-refractivity contribution is 0.669. The smallest absolute Gasteiger partial charge is 0.136 e. The van der Waals surface area contributed by atoms with Gasteiger partial charge in [0, 0.05) is 25.8 Å². The summed E-state index contributed by atoms with van der Waals surface area (Å²) in [4.78, 5) is 0. The van der Waals surface area contributed by atoms with Crippen molar-refractivity contribution in [2.24, 2.45) is 0 Å². The van der Waals surface area contributed by atoms with Gasteiger partial charge < -0.3 is 4.42 Å². The molecule has 0 radical (unpaired) electrons. The Bertz CT molecular complexity index is 951. The highest BCUT2D eigenvalue weighted by Gasteiger charge is 2.15. The second kappa shape index (κ2) is 4.90. The van der Waals surface area contributed by atoms with E-state index in [9.17, 15) is 0 Å². The average molecular weight is 358 g/mol. The Balaban J connectivity index is 2.19. The Hall–Kier alpha value is -1.77. The lowest BCUT2D eigenvalue weighted by Crippen LogP contribution is -1.83. The predicted molar refractivity (Wildman–Crippen MR) is 91.9 cm³/mol. The van der Waals surface area contributed by atoms with Crippen LogP contribution in [0.2, 0.25) is 5.02 Å². The Morgan fingerprint density at radius 1 is 0.810 bits per heavy atom. The summed E-state index contributed by atoms with van der Waals surface area (Å²) in [5.41, 5.74) is 3.84. The molecule has 0 bridgehead atoms. The minimum absolute atomic E-state index is 0.724. The molecule has 1 aromatic heterocycles. The maximum Gasteiger partial charge on any atom is 0.136 e. The molecular weight excluding hydrogens is 348 g/mol. The number of halogens is 2.